The average molecular weight is 270 g/mol. The molecular weight excluding hydrogens is 244 g/mol. The minimum Gasteiger partial charge on any atom is -0.369 e. The summed E-state index contributed by atoms with van der Waals surface area (Å²) in [6.07, 6.45) is 6.05. The zero-order valence-corrected chi connectivity index (χ0v) is 12.6. The van der Waals surface area contributed by atoms with Gasteiger partial charge in [-0.15, -0.1) is 0 Å². The minimum absolute atomic E-state index is 0.925. The monoisotopic (exact) mass is 270 g/mol. The minimum atomic E-state index is 0.925. The summed E-state index contributed by atoms with van der Waals surface area (Å²) in [5.74, 6) is 2.10. The molecule has 4 rings (SSSR count). The molecule has 1 heterocycles. The highest BCUT2D eigenvalue weighted by Crippen LogP contribution is 2.46. The van der Waals surface area contributed by atoms with Crippen molar-refractivity contribution in [2.75, 3.05) is 31.1 Å². The number of hydrogen-bond donors (Lipinski definition) is 0. The Labute approximate surface area is 122 Å². The number of fused-ring (bicyclic) bond motifs is 2. The fraction of sp³-hybridized carbons (Fsp3) is 0.667. The molecule has 1 aliphatic heterocycles. The first-order valence-electron chi connectivity index (χ1n) is 8.35. The van der Waals surface area contributed by atoms with Gasteiger partial charge < -0.3 is 4.90 Å². The second-order valence-electron chi connectivity index (χ2n) is 7.10. The molecular formula is C18H26N2. The van der Waals surface area contributed by atoms with E-state index < -0.39 is 0 Å². The van der Waals surface area contributed by atoms with Crippen molar-refractivity contribution in [2.24, 2.45) is 11.8 Å². The molecule has 1 saturated heterocycles. The molecule has 2 bridgehead atoms. The Morgan fingerprint density at radius 2 is 1.65 bits per heavy atom. The van der Waals surface area contributed by atoms with E-state index in [1.807, 2.05) is 0 Å². The second-order valence-corrected chi connectivity index (χ2v) is 7.10. The van der Waals surface area contributed by atoms with Crippen molar-refractivity contribution in [3.63, 3.8) is 0 Å². The Balaban J connectivity index is 1.37. The van der Waals surface area contributed by atoms with Crippen LogP contribution >= 0.6 is 0 Å². The van der Waals surface area contributed by atoms with Crippen molar-refractivity contribution in [1.29, 1.82) is 0 Å². The lowest BCUT2D eigenvalue weighted by atomic mass is 9.93. The largest absolute Gasteiger partial charge is 0.369 e. The quantitative estimate of drug-likeness (QED) is 0.813. The third-order valence-corrected chi connectivity index (χ3v) is 5.88. The smallest absolute Gasteiger partial charge is 0.0367 e. The molecule has 3 aliphatic rings. The third-order valence-electron chi connectivity index (χ3n) is 5.88. The summed E-state index contributed by atoms with van der Waals surface area (Å²) in [5.41, 5.74) is 2.76. The van der Waals surface area contributed by atoms with E-state index in [9.17, 15) is 0 Å². The Kier molecular flexibility index (Phi) is 3.22. The maximum atomic E-state index is 2.80. The van der Waals surface area contributed by atoms with Crippen molar-refractivity contribution < 1.29 is 0 Å². The van der Waals surface area contributed by atoms with Gasteiger partial charge in [0, 0.05) is 37.9 Å². The molecule has 20 heavy (non-hydrogen) atoms. The molecule has 2 saturated carbocycles. The van der Waals surface area contributed by atoms with E-state index >= 15 is 0 Å². The molecule has 2 aliphatic carbocycles. The van der Waals surface area contributed by atoms with Gasteiger partial charge in [0.1, 0.15) is 0 Å². The zero-order valence-electron chi connectivity index (χ0n) is 12.6. The van der Waals surface area contributed by atoms with Crippen LogP contribution in [0.25, 0.3) is 0 Å². The molecule has 0 N–H and O–H groups in total. The zero-order chi connectivity index (χ0) is 13.5. The molecule has 1 aromatic rings. The molecule has 0 spiro atoms. The molecule has 3 atom stereocenters. The molecule has 0 amide bonds. The average Bonchev–Trinajstić information content (AvgIpc) is 3.11. The molecule has 1 aromatic carbocycles. The number of hydrogen-bond acceptors (Lipinski definition) is 2. The predicted molar refractivity (Wildman–Crippen MR) is 84.2 cm³/mol. The normalized spacial score (nSPS) is 33.9. The van der Waals surface area contributed by atoms with Gasteiger partial charge in [0.25, 0.3) is 0 Å². The van der Waals surface area contributed by atoms with E-state index in [0.29, 0.717) is 0 Å². The third kappa shape index (κ3) is 2.24. The molecule has 0 aromatic heterocycles. The maximum absolute atomic E-state index is 2.80. The van der Waals surface area contributed by atoms with E-state index in [-0.39, 0.29) is 0 Å². The molecule has 2 nitrogen and oxygen atoms in total. The van der Waals surface area contributed by atoms with Crippen molar-refractivity contribution >= 4 is 5.69 Å². The van der Waals surface area contributed by atoms with Crippen LogP contribution in [0.5, 0.6) is 0 Å². The van der Waals surface area contributed by atoms with Crippen LogP contribution in [-0.2, 0) is 0 Å². The molecule has 3 fully saturated rings. The van der Waals surface area contributed by atoms with Crippen LogP contribution in [0.3, 0.4) is 0 Å². The van der Waals surface area contributed by atoms with Gasteiger partial charge in [0.05, 0.1) is 0 Å². The summed E-state index contributed by atoms with van der Waals surface area (Å²) >= 11 is 0. The molecule has 108 valence electrons. The summed E-state index contributed by atoms with van der Waals surface area (Å²) in [6, 6.07) is 9.95. The first-order valence-corrected chi connectivity index (χ1v) is 8.35. The summed E-state index contributed by atoms with van der Waals surface area (Å²) in [4.78, 5) is 5.36. The number of rotatable bonds is 2. The van der Waals surface area contributed by atoms with Crippen LogP contribution in [0.2, 0.25) is 0 Å². The fourth-order valence-corrected chi connectivity index (χ4v) is 4.73. The van der Waals surface area contributed by atoms with Gasteiger partial charge in [-0.25, -0.2) is 0 Å². The van der Waals surface area contributed by atoms with Crippen LogP contribution in [0.15, 0.2) is 24.3 Å². The van der Waals surface area contributed by atoms with Crippen LogP contribution < -0.4 is 4.90 Å². The Bertz CT molecular complexity index is 459. The summed E-state index contributed by atoms with van der Waals surface area (Å²) in [5, 5.41) is 0. The predicted octanol–water partition coefficient (Wildman–Crippen LogP) is 3.31. The van der Waals surface area contributed by atoms with E-state index in [1.165, 1.54) is 63.1 Å². The van der Waals surface area contributed by atoms with E-state index in [1.54, 1.807) is 0 Å². The lowest BCUT2D eigenvalue weighted by molar-refractivity contribution is 0.135. The van der Waals surface area contributed by atoms with Crippen LogP contribution in [0.4, 0.5) is 5.69 Å². The SMILES string of the molecule is Cc1ccc(N2CCN([C@H]3C[C@H]4CC[C@H]3C4)CC2)cc1. The van der Waals surface area contributed by atoms with Gasteiger partial charge in [-0.1, -0.05) is 24.1 Å². The number of nitrogens with zero attached hydrogens (tertiary/aromatic N) is 2. The number of piperazine rings is 1. The molecule has 2 heteroatoms. The first kappa shape index (κ1) is 12.7. The van der Waals surface area contributed by atoms with E-state index in [4.69, 9.17) is 0 Å². The van der Waals surface area contributed by atoms with Crippen LogP contribution in [0.1, 0.15) is 31.2 Å². The number of anilines is 1. The summed E-state index contributed by atoms with van der Waals surface area (Å²) in [6.45, 7) is 7.11. The Morgan fingerprint density at radius 1 is 0.900 bits per heavy atom. The first-order chi connectivity index (χ1) is 9.79. The Hall–Kier alpha value is -1.02. The van der Waals surface area contributed by atoms with Crippen LogP contribution in [0, 0.1) is 18.8 Å². The summed E-state index contributed by atoms with van der Waals surface area (Å²) < 4.78 is 0. The highest BCUT2D eigenvalue weighted by Gasteiger charge is 2.42. The summed E-state index contributed by atoms with van der Waals surface area (Å²) in [7, 11) is 0. The van der Waals surface area contributed by atoms with E-state index in [0.717, 1.165) is 17.9 Å². The molecule has 0 unspecified atom stereocenters. The van der Waals surface area contributed by atoms with Crippen LogP contribution in [-0.4, -0.2) is 37.1 Å². The number of benzene rings is 1. The fourth-order valence-electron chi connectivity index (χ4n) is 4.73. The molecule has 0 radical (unpaired) electrons. The topological polar surface area (TPSA) is 6.48 Å². The van der Waals surface area contributed by atoms with E-state index in [2.05, 4.69) is 41.0 Å². The highest BCUT2D eigenvalue weighted by atomic mass is 15.3. The van der Waals surface area contributed by atoms with Crippen molar-refractivity contribution in [3.05, 3.63) is 29.8 Å². The van der Waals surface area contributed by atoms with Gasteiger partial charge in [-0.3, -0.25) is 4.90 Å². The van der Waals surface area contributed by atoms with Crippen molar-refractivity contribution in [3.8, 4) is 0 Å². The highest BCUT2D eigenvalue weighted by molar-refractivity contribution is 5.47. The lowest BCUT2D eigenvalue weighted by Crippen LogP contribution is -2.51. The van der Waals surface area contributed by atoms with Crippen molar-refractivity contribution in [2.45, 2.75) is 38.6 Å². The lowest BCUT2D eigenvalue weighted by Gasteiger charge is -2.41. The Morgan fingerprint density at radius 3 is 2.25 bits per heavy atom. The second kappa shape index (κ2) is 5.07. The maximum Gasteiger partial charge on any atom is 0.0367 e. The number of aryl methyl sites for hydroxylation is 1. The van der Waals surface area contributed by atoms with Gasteiger partial charge >= 0.3 is 0 Å². The van der Waals surface area contributed by atoms with Gasteiger partial charge in [-0.05, 0) is 50.2 Å². The van der Waals surface area contributed by atoms with Gasteiger partial charge in [-0.2, -0.15) is 0 Å². The van der Waals surface area contributed by atoms with Gasteiger partial charge in [0.15, 0.2) is 0 Å². The van der Waals surface area contributed by atoms with Crippen molar-refractivity contribution in [1.82, 2.24) is 4.90 Å². The standard InChI is InChI=1S/C18H26N2/c1-14-2-6-17(7-3-14)19-8-10-20(11-9-19)18-13-15-4-5-16(18)12-15/h2-3,6-7,15-16,18H,4-5,8-13H2,1H3/t15-,16-,18-/m0/s1. The van der Waals surface area contributed by atoms with Gasteiger partial charge in [0.2, 0.25) is 0 Å².